The highest BCUT2D eigenvalue weighted by atomic mass is 32.1. The van der Waals surface area contributed by atoms with Crippen molar-refractivity contribution in [3.63, 3.8) is 0 Å². The van der Waals surface area contributed by atoms with E-state index in [1.807, 2.05) is 6.92 Å². The third-order valence-corrected chi connectivity index (χ3v) is 3.88. The van der Waals surface area contributed by atoms with Gasteiger partial charge in [-0.1, -0.05) is 25.2 Å². The van der Waals surface area contributed by atoms with Gasteiger partial charge < -0.3 is 5.32 Å². The summed E-state index contributed by atoms with van der Waals surface area (Å²) in [6, 6.07) is 3.93. The lowest BCUT2D eigenvalue weighted by molar-refractivity contribution is -0.137. The van der Waals surface area contributed by atoms with Crippen LogP contribution in [-0.2, 0) is 6.18 Å². The van der Waals surface area contributed by atoms with Crippen molar-refractivity contribution >= 4 is 26.7 Å². The molecular formula is C14H17F3N2S. The molecule has 0 saturated heterocycles. The number of anilines is 1. The first kappa shape index (κ1) is 15.1. The van der Waals surface area contributed by atoms with Crippen LogP contribution in [0.2, 0.25) is 0 Å². The topological polar surface area (TPSA) is 24.9 Å². The summed E-state index contributed by atoms with van der Waals surface area (Å²) in [7, 11) is 0. The van der Waals surface area contributed by atoms with E-state index in [9.17, 15) is 13.2 Å². The normalized spacial score (nSPS) is 13.9. The number of hydrogen-bond donors (Lipinski definition) is 1. The molecule has 0 radical (unpaired) electrons. The average molecular weight is 302 g/mol. The zero-order valence-corrected chi connectivity index (χ0v) is 12.4. The van der Waals surface area contributed by atoms with Crippen LogP contribution in [0.1, 0.15) is 32.8 Å². The van der Waals surface area contributed by atoms with Crippen LogP contribution in [0.3, 0.4) is 0 Å². The molecule has 2 rings (SSSR count). The van der Waals surface area contributed by atoms with Gasteiger partial charge >= 0.3 is 6.18 Å². The van der Waals surface area contributed by atoms with Crippen LogP contribution < -0.4 is 5.32 Å². The van der Waals surface area contributed by atoms with Crippen molar-refractivity contribution in [2.75, 3.05) is 5.32 Å². The molecule has 2 aromatic rings. The number of thiazole rings is 1. The summed E-state index contributed by atoms with van der Waals surface area (Å²) in [5.74, 6) is 0.559. The minimum Gasteiger partial charge on any atom is -0.359 e. The molecule has 1 N–H and O–H groups in total. The third kappa shape index (κ3) is 3.62. The summed E-state index contributed by atoms with van der Waals surface area (Å²) in [4.78, 5) is 4.24. The first-order chi connectivity index (χ1) is 9.25. The Labute approximate surface area is 120 Å². The standard InChI is InChI=1S/C14H17F3N2S/c1-8(2)6-9(3)18-13-19-11-7-10(14(15,16)17)4-5-12(11)20-13/h4-5,7-9H,6H2,1-3H3,(H,18,19). The maximum Gasteiger partial charge on any atom is 0.416 e. The third-order valence-electron chi connectivity index (χ3n) is 2.91. The number of alkyl halides is 3. The predicted molar refractivity (Wildman–Crippen MR) is 77.2 cm³/mol. The molecule has 0 bridgehead atoms. The molecule has 0 fully saturated rings. The Kier molecular flexibility index (Phi) is 4.22. The first-order valence-electron chi connectivity index (χ1n) is 6.50. The molecular weight excluding hydrogens is 285 g/mol. The first-order valence-corrected chi connectivity index (χ1v) is 7.31. The van der Waals surface area contributed by atoms with Crippen LogP contribution >= 0.6 is 11.3 Å². The molecule has 20 heavy (non-hydrogen) atoms. The second-order valence-electron chi connectivity index (χ2n) is 5.37. The molecule has 0 saturated carbocycles. The van der Waals surface area contributed by atoms with Crippen molar-refractivity contribution < 1.29 is 13.2 Å². The van der Waals surface area contributed by atoms with Gasteiger partial charge in [0.25, 0.3) is 0 Å². The van der Waals surface area contributed by atoms with Gasteiger partial charge in [0, 0.05) is 6.04 Å². The van der Waals surface area contributed by atoms with Crippen molar-refractivity contribution in [3.8, 4) is 0 Å². The van der Waals surface area contributed by atoms with E-state index in [-0.39, 0.29) is 6.04 Å². The van der Waals surface area contributed by atoms with Crippen LogP contribution in [0.5, 0.6) is 0 Å². The molecule has 2 nitrogen and oxygen atoms in total. The van der Waals surface area contributed by atoms with Gasteiger partial charge in [-0.15, -0.1) is 0 Å². The second-order valence-corrected chi connectivity index (χ2v) is 6.40. The molecule has 1 unspecified atom stereocenters. The van der Waals surface area contributed by atoms with Gasteiger partial charge in [-0.2, -0.15) is 13.2 Å². The van der Waals surface area contributed by atoms with Gasteiger partial charge in [0.2, 0.25) is 0 Å². The van der Waals surface area contributed by atoms with Crippen LogP contribution in [0.25, 0.3) is 10.2 Å². The molecule has 6 heteroatoms. The zero-order chi connectivity index (χ0) is 14.9. The molecule has 0 aliphatic heterocycles. The maximum absolute atomic E-state index is 12.6. The molecule has 1 aromatic heterocycles. The van der Waals surface area contributed by atoms with E-state index in [0.717, 1.165) is 23.3 Å². The predicted octanol–water partition coefficient (Wildman–Crippen LogP) is 5.16. The molecule has 0 aliphatic rings. The largest absolute Gasteiger partial charge is 0.416 e. The Morgan fingerprint density at radius 1 is 1.25 bits per heavy atom. The highest BCUT2D eigenvalue weighted by Crippen LogP contribution is 2.34. The van der Waals surface area contributed by atoms with E-state index < -0.39 is 11.7 Å². The summed E-state index contributed by atoms with van der Waals surface area (Å²) >= 11 is 1.38. The Balaban J connectivity index is 2.21. The molecule has 1 atom stereocenters. The van der Waals surface area contributed by atoms with Crippen LogP contribution in [0.15, 0.2) is 18.2 Å². The molecule has 1 aromatic carbocycles. The lowest BCUT2D eigenvalue weighted by Gasteiger charge is -2.14. The van der Waals surface area contributed by atoms with E-state index in [1.165, 1.54) is 17.4 Å². The van der Waals surface area contributed by atoms with E-state index >= 15 is 0 Å². The number of nitrogens with zero attached hydrogens (tertiary/aromatic N) is 1. The molecule has 110 valence electrons. The fraction of sp³-hybridized carbons (Fsp3) is 0.500. The summed E-state index contributed by atoms with van der Waals surface area (Å²) in [5, 5.41) is 3.92. The van der Waals surface area contributed by atoms with E-state index in [1.54, 1.807) is 0 Å². The monoisotopic (exact) mass is 302 g/mol. The number of rotatable bonds is 4. The van der Waals surface area contributed by atoms with Gasteiger partial charge in [-0.3, -0.25) is 0 Å². The average Bonchev–Trinajstić information content (AvgIpc) is 2.66. The summed E-state index contributed by atoms with van der Waals surface area (Å²) in [6.45, 7) is 6.31. The highest BCUT2D eigenvalue weighted by Gasteiger charge is 2.30. The van der Waals surface area contributed by atoms with Crippen molar-refractivity contribution in [2.24, 2.45) is 5.92 Å². The van der Waals surface area contributed by atoms with E-state index in [2.05, 4.69) is 24.1 Å². The Hall–Kier alpha value is -1.30. The van der Waals surface area contributed by atoms with Crippen LogP contribution in [0.4, 0.5) is 18.3 Å². The molecule has 1 heterocycles. The SMILES string of the molecule is CC(C)CC(C)Nc1nc2cc(C(F)(F)F)ccc2s1. The Morgan fingerprint density at radius 3 is 2.55 bits per heavy atom. The van der Waals surface area contributed by atoms with E-state index in [0.29, 0.717) is 16.6 Å². The lowest BCUT2D eigenvalue weighted by Crippen LogP contribution is -2.17. The number of halogens is 3. The van der Waals surface area contributed by atoms with Crippen LogP contribution in [0, 0.1) is 5.92 Å². The van der Waals surface area contributed by atoms with Crippen molar-refractivity contribution in [3.05, 3.63) is 23.8 Å². The summed E-state index contributed by atoms with van der Waals surface area (Å²) in [5.41, 5.74) is -0.263. The highest BCUT2D eigenvalue weighted by molar-refractivity contribution is 7.22. The summed E-state index contributed by atoms with van der Waals surface area (Å²) < 4.78 is 38.7. The zero-order valence-electron chi connectivity index (χ0n) is 11.6. The maximum atomic E-state index is 12.6. The van der Waals surface area contributed by atoms with Crippen molar-refractivity contribution in [1.82, 2.24) is 4.98 Å². The quantitative estimate of drug-likeness (QED) is 0.843. The fourth-order valence-electron chi connectivity index (χ4n) is 2.14. The van der Waals surface area contributed by atoms with Crippen LogP contribution in [-0.4, -0.2) is 11.0 Å². The Morgan fingerprint density at radius 2 is 1.95 bits per heavy atom. The van der Waals surface area contributed by atoms with Crippen molar-refractivity contribution in [1.29, 1.82) is 0 Å². The Bertz CT molecular complexity index is 590. The molecule has 0 amide bonds. The number of benzene rings is 1. The number of aromatic nitrogens is 1. The number of nitrogens with one attached hydrogen (secondary N) is 1. The van der Waals surface area contributed by atoms with Gasteiger partial charge in [-0.25, -0.2) is 4.98 Å². The van der Waals surface area contributed by atoms with Gasteiger partial charge in [-0.05, 0) is 37.5 Å². The minimum atomic E-state index is -4.32. The van der Waals surface area contributed by atoms with E-state index in [4.69, 9.17) is 0 Å². The number of hydrogen-bond acceptors (Lipinski definition) is 3. The second kappa shape index (κ2) is 5.60. The smallest absolute Gasteiger partial charge is 0.359 e. The molecule has 0 spiro atoms. The van der Waals surface area contributed by atoms with Crippen molar-refractivity contribution in [2.45, 2.75) is 39.4 Å². The lowest BCUT2D eigenvalue weighted by atomic mass is 10.1. The van der Waals surface area contributed by atoms with Gasteiger partial charge in [0.15, 0.2) is 5.13 Å². The van der Waals surface area contributed by atoms with Gasteiger partial charge in [0.1, 0.15) is 0 Å². The minimum absolute atomic E-state index is 0.248. The fourth-order valence-corrected chi connectivity index (χ4v) is 3.10. The number of fused-ring (bicyclic) bond motifs is 1. The molecule has 0 aliphatic carbocycles. The summed E-state index contributed by atoms with van der Waals surface area (Å²) in [6.07, 6.45) is -3.33. The van der Waals surface area contributed by atoms with Gasteiger partial charge in [0.05, 0.1) is 15.8 Å².